The molecule has 0 spiro atoms. The highest BCUT2D eigenvalue weighted by Gasteiger charge is 2.18. The predicted octanol–water partition coefficient (Wildman–Crippen LogP) is 2.23. The van der Waals surface area contributed by atoms with E-state index in [1.165, 1.54) is 18.6 Å². The summed E-state index contributed by atoms with van der Waals surface area (Å²) in [6.45, 7) is 7.13. The first-order chi connectivity index (χ1) is 8.74. The second kappa shape index (κ2) is 5.83. The zero-order valence-corrected chi connectivity index (χ0v) is 10.7. The summed E-state index contributed by atoms with van der Waals surface area (Å²) < 4.78 is 13.1. The normalized spacial score (nSPS) is 16.6. The monoisotopic (exact) mass is 247 g/mol. The molecule has 0 radical (unpaired) electrons. The van der Waals surface area contributed by atoms with E-state index >= 15 is 0 Å². The molecule has 1 aliphatic rings. The number of anilines is 1. The zero-order chi connectivity index (χ0) is 13.0. The van der Waals surface area contributed by atoms with E-state index in [4.69, 9.17) is 5.26 Å². The maximum atomic E-state index is 13.1. The average Bonchev–Trinajstić information content (AvgIpc) is 2.40. The Morgan fingerprint density at radius 3 is 2.61 bits per heavy atom. The van der Waals surface area contributed by atoms with Crippen molar-refractivity contribution in [1.29, 1.82) is 5.26 Å². The summed E-state index contributed by atoms with van der Waals surface area (Å²) in [7, 11) is 0. The van der Waals surface area contributed by atoms with Crippen molar-refractivity contribution in [3.8, 4) is 6.07 Å². The smallest absolute Gasteiger partial charge is 0.124 e. The molecule has 0 amide bonds. The molecule has 0 aliphatic carbocycles. The van der Waals surface area contributed by atoms with E-state index in [9.17, 15) is 4.39 Å². The molecule has 0 N–H and O–H groups in total. The van der Waals surface area contributed by atoms with E-state index in [1.807, 2.05) is 0 Å². The fourth-order valence-electron chi connectivity index (χ4n) is 2.40. The van der Waals surface area contributed by atoms with Crippen molar-refractivity contribution in [2.24, 2.45) is 0 Å². The average molecular weight is 247 g/mol. The Balaban J connectivity index is 2.08. The van der Waals surface area contributed by atoms with E-state index in [0.29, 0.717) is 5.56 Å². The van der Waals surface area contributed by atoms with Crippen molar-refractivity contribution < 1.29 is 4.39 Å². The Kier molecular flexibility index (Phi) is 4.16. The van der Waals surface area contributed by atoms with E-state index in [0.717, 1.165) is 38.4 Å². The molecule has 0 bridgehead atoms. The molecule has 1 aromatic rings. The Hall–Kier alpha value is -1.60. The van der Waals surface area contributed by atoms with E-state index in [1.54, 1.807) is 6.07 Å². The summed E-state index contributed by atoms with van der Waals surface area (Å²) in [5.74, 6) is -0.347. The number of hydrogen-bond donors (Lipinski definition) is 0. The summed E-state index contributed by atoms with van der Waals surface area (Å²) in [5.41, 5.74) is 1.29. The minimum absolute atomic E-state index is 0.347. The largest absolute Gasteiger partial charge is 0.368 e. The van der Waals surface area contributed by atoms with Gasteiger partial charge in [0.2, 0.25) is 0 Å². The van der Waals surface area contributed by atoms with Gasteiger partial charge in [-0.1, -0.05) is 6.92 Å². The molecular weight excluding hydrogens is 229 g/mol. The molecule has 2 rings (SSSR count). The Bertz CT molecular complexity index is 445. The van der Waals surface area contributed by atoms with Crippen molar-refractivity contribution >= 4 is 5.69 Å². The Morgan fingerprint density at radius 1 is 1.28 bits per heavy atom. The van der Waals surface area contributed by atoms with Gasteiger partial charge >= 0.3 is 0 Å². The summed E-state index contributed by atoms with van der Waals surface area (Å²) >= 11 is 0. The first-order valence-corrected chi connectivity index (χ1v) is 6.41. The standard InChI is InChI=1S/C14H18FN3/c1-2-5-17-6-8-18(9-7-17)14-4-3-13(15)10-12(14)11-16/h3-4,10H,2,5-9H2,1H3. The van der Waals surface area contributed by atoms with Crippen molar-refractivity contribution in [2.75, 3.05) is 37.6 Å². The maximum absolute atomic E-state index is 13.1. The molecule has 0 saturated carbocycles. The second-order valence-corrected chi connectivity index (χ2v) is 4.60. The molecule has 1 heterocycles. The first kappa shape index (κ1) is 12.8. The van der Waals surface area contributed by atoms with Crippen LogP contribution in [0.1, 0.15) is 18.9 Å². The van der Waals surface area contributed by atoms with Crippen LogP contribution in [-0.4, -0.2) is 37.6 Å². The molecular formula is C14H18FN3. The van der Waals surface area contributed by atoms with Gasteiger partial charge in [-0.2, -0.15) is 5.26 Å². The molecule has 1 aromatic carbocycles. The van der Waals surface area contributed by atoms with Crippen molar-refractivity contribution in [1.82, 2.24) is 4.90 Å². The summed E-state index contributed by atoms with van der Waals surface area (Å²) in [6, 6.07) is 6.52. The van der Waals surface area contributed by atoms with Crippen molar-refractivity contribution in [2.45, 2.75) is 13.3 Å². The third-order valence-electron chi connectivity index (χ3n) is 3.33. The highest BCUT2D eigenvalue weighted by atomic mass is 19.1. The number of benzene rings is 1. The van der Waals surface area contributed by atoms with E-state index in [2.05, 4.69) is 22.8 Å². The lowest BCUT2D eigenvalue weighted by Gasteiger charge is -2.36. The molecule has 0 aromatic heterocycles. The van der Waals surface area contributed by atoms with Gasteiger partial charge in [0.1, 0.15) is 11.9 Å². The number of piperazine rings is 1. The van der Waals surface area contributed by atoms with Crippen LogP contribution >= 0.6 is 0 Å². The van der Waals surface area contributed by atoms with Crippen molar-refractivity contribution in [3.05, 3.63) is 29.6 Å². The number of nitriles is 1. The van der Waals surface area contributed by atoms with Gasteiger partial charge in [-0.15, -0.1) is 0 Å². The van der Waals surface area contributed by atoms with Gasteiger partial charge in [0.05, 0.1) is 11.3 Å². The van der Waals surface area contributed by atoms with Crippen LogP contribution in [0.25, 0.3) is 0 Å². The molecule has 18 heavy (non-hydrogen) atoms. The van der Waals surface area contributed by atoms with E-state index < -0.39 is 0 Å². The van der Waals surface area contributed by atoms with Crippen LogP contribution in [0.5, 0.6) is 0 Å². The highest BCUT2D eigenvalue weighted by molar-refractivity contribution is 5.59. The minimum atomic E-state index is -0.347. The van der Waals surface area contributed by atoms with Crippen LogP contribution in [0.3, 0.4) is 0 Å². The number of halogens is 1. The van der Waals surface area contributed by atoms with E-state index in [-0.39, 0.29) is 5.82 Å². The van der Waals surface area contributed by atoms with Crippen LogP contribution < -0.4 is 4.90 Å². The second-order valence-electron chi connectivity index (χ2n) is 4.60. The van der Waals surface area contributed by atoms with Crippen LogP contribution in [0.4, 0.5) is 10.1 Å². The summed E-state index contributed by atoms with van der Waals surface area (Å²) in [4.78, 5) is 4.59. The fourth-order valence-corrected chi connectivity index (χ4v) is 2.40. The highest BCUT2D eigenvalue weighted by Crippen LogP contribution is 2.22. The van der Waals surface area contributed by atoms with Crippen LogP contribution in [0, 0.1) is 17.1 Å². The quantitative estimate of drug-likeness (QED) is 0.820. The predicted molar refractivity (Wildman–Crippen MR) is 70.1 cm³/mol. The molecule has 1 aliphatic heterocycles. The number of hydrogen-bond acceptors (Lipinski definition) is 3. The van der Waals surface area contributed by atoms with Crippen LogP contribution in [0.15, 0.2) is 18.2 Å². The van der Waals surface area contributed by atoms with Gasteiger partial charge in [-0.3, -0.25) is 4.90 Å². The number of rotatable bonds is 3. The van der Waals surface area contributed by atoms with Crippen molar-refractivity contribution in [3.63, 3.8) is 0 Å². The fraction of sp³-hybridized carbons (Fsp3) is 0.500. The minimum Gasteiger partial charge on any atom is -0.368 e. The van der Waals surface area contributed by atoms with Gasteiger partial charge in [0.15, 0.2) is 0 Å². The molecule has 0 unspecified atom stereocenters. The molecule has 3 nitrogen and oxygen atoms in total. The summed E-state index contributed by atoms with van der Waals surface area (Å²) in [6.07, 6.45) is 1.17. The Morgan fingerprint density at radius 2 is 2.00 bits per heavy atom. The SMILES string of the molecule is CCCN1CCN(c2ccc(F)cc2C#N)CC1. The topological polar surface area (TPSA) is 30.3 Å². The third-order valence-corrected chi connectivity index (χ3v) is 3.33. The molecule has 1 saturated heterocycles. The van der Waals surface area contributed by atoms with Gasteiger partial charge in [-0.25, -0.2) is 4.39 Å². The third kappa shape index (κ3) is 2.80. The Labute approximate surface area is 107 Å². The van der Waals surface area contributed by atoms with Gasteiger partial charge in [0.25, 0.3) is 0 Å². The first-order valence-electron chi connectivity index (χ1n) is 6.41. The molecule has 0 atom stereocenters. The lowest BCUT2D eigenvalue weighted by Crippen LogP contribution is -2.46. The summed E-state index contributed by atoms with van der Waals surface area (Å²) in [5, 5.41) is 9.06. The number of nitrogens with zero attached hydrogens (tertiary/aromatic N) is 3. The van der Waals surface area contributed by atoms with Crippen LogP contribution in [0.2, 0.25) is 0 Å². The lowest BCUT2D eigenvalue weighted by atomic mass is 10.1. The maximum Gasteiger partial charge on any atom is 0.124 e. The molecule has 4 heteroatoms. The van der Waals surface area contributed by atoms with Gasteiger partial charge in [0, 0.05) is 26.2 Å². The molecule has 96 valence electrons. The molecule has 1 fully saturated rings. The van der Waals surface area contributed by atoms with Gasteiger partial charge < -0.3 is 4.90 Å². The lowest BCUT2D eigenvalue weighted by molar-refractivity contribution is 0.258. The zero-order valence-electron chi connectivity index (χ0n) is 10.7. The van der Waals surface area contributed by atoms with Crippen LogP contribution in [-0.2, 0) is 0 Å². The van der Waals surface area contributed by atoms with Gasteiger partial charge in [-0.05, 0) is 31.2 Å².